The highest BCUT2D eigenvalue weighted by Gasteiger charge is 2.17. The molecular weight excluding hydrogens is 320 g/mol. The fourth-order valence-electron chi connectivity index (χ4n) is 2.19. The van der Waals surface area contributed by atoms with Crippen molar-refractivity contribution in [1.29, 1.82) is 0 Å². The molecule has 2 amide bonds. The van der Waals surface area contributed by atoms with Gasteiger partial charge in [-0.1, -0.05) is 12.1 Å². The Morgan fingerprint density at radius 3 is 2.36 bits per heavy atom. The highest BCUT2D eigenvalue weighted by atomic mass is 16.6. The van der Waals surface area contributed by atoms with Gasteiger partial charge in [-0.25, -0.2) is 4.79 Å². The van der Waals surface area contributed by atoms with E-state index in [9.17, 15) is 9.59 Å². The first-order valence-electron chi connectivity index (χ1n) is 8.09. The lowest BCUT2D eigenvalue weighted by Crippen LogP contribution is -2.27. The molecule has 0 aliphatic carbocycles. The average Bonchev–Trinajstić information content (AvgIpc) is 2.91. The summed E-state index contributed by atoms with van der Waals surface area (Å²) in [4.78, 5) is 24.1. The van der Waals surface area contributed by atoms with Crippen LogP contribution in [0.15, 0.2) is 36.7 Å². The fourth-order valence-corrected chi connectivity index (χ4v) is 2.19. The summed E-state index contributed by atoms with van der Waals surface area (Å²) in [5, 5.41) is 9.56. The number of nitrogens with one attached hydrogen (secondary N) is 2. The van der Waals surface area contributed by atoms with Crippen LogP contribution in [0.3, 0.4) is 0 Å². The Balaban J connectivity index is 1.95. The van der Waals surface area contributed by atoms with Crippen molar-refractivity contribution in [2.75, 3.05) is 10.6 Å². The SMILES string of the molecule is Cn1cc(CCC(=O)Nc2ccccc2NC(=O)OC(C)(C)C)cn1. The predicted molar refractivity (Wildman–Crippen MR) is 96.5 cm³/mol. The molecule has 0 saturated heterocycles. The summed E-state index contributed by atoms with van der Waals surface area (Å²) in [5.74, 6) is -0.137. The van der Waals surface area contributed by atoms with Gasteiger partial charge in [0.15, 0.2) is 0 Å². The Labute approximate surface area is 147 Å². The molecule has 0 unspecified atom stereocenters. The average molecular weight is 344 g/mol. The number of aryl methyl sites for hydroxylation is 2. The summed E-state index contributed by atoms with van der Waals surface area (Å²) in [6.45, 7) is 5.37. The van der Waals surface area contributed by atoms with Gasteiger partial charge in [0.2, 0.25) is 5.91 Å². The number of nitrogens with zero attached hydrogens (tertiary/aromatic N) is 2. The summed E-state index contributed by atoms with van der Waals surface area (Å²) in [6.07, 6.45) is 3.98. The molecule has 0 bridgehead atoms. The highest BCUT2D eigenvalue weighted by Crippen LogP contribution is 2.22. The van der Waals surface area contributed by atoms with Crippen molar-refractivity contribution in [1.82, 2.24) is 9.78 Å². The lowest BCUT2D eigenvalue weighted by molar-refractivity contribution is -0.116. The van der Waals surface area contributed by atoms with Crippen LogP contribution in [0.5, 0.6) is 0 Å². The van der Waals surface area contributed by atoms with E-state index in [0.717, 1.165) is 5.56 Å². The molecule has 2 rings (SSSR count). The second-order valence-corrected chi connectivity index (χ2v) is 6.74. The van der Waals surface area contributed by atoms with Gasteiger partial charge in [0, 0.05) is 19.7 Å². The number of hydrogen-bond acceptors (Lipinski definition) is 4. The molecule has 0 atom stereocenters. The molecule has 1 aromatic carbocycles. The third-order valence-corrected chi connectivity index (χ3v) is 3.24. The van der Waals surface area contributed by atoms with Crippen molar-refractivity contribution in [3.63, 3.8) is 0 Å². The molecule has 0 aliphatic rings. The Hall–Kier alpha value is -2.83. The molecule has 7 heteroatoms. The number of carbonyl (C=O) groups is 2. The van der Waals surface area contributed by atoms with Crippen molar-refractivity contribution in [2.24, 2.45) is 7.05 Å². The smallest absolute Gasteiger partial charge is 0.412 e. The van der Waals surface area contributed by atoms with Gasteiger partial charge in [-0.05, 0) is 44.9 Å². The predicted octanol–water partition coefficient (Wildman–Crippen LogP) is 3.34. The first-order valence-corrected chi connectivity index (χ1v) is 8.09. The third-order valence-electron chi connectivity index (χ3n) is 3.24. The number of para-hydroxylation sites is 2. The zero-order chi connectivity index (χ0) is 18.4. The van der Waals surface area contributed by atoms with Crippen molar-refractivity contribution in [2.45, 2.75) is 39.2 Å². The minimum Gasteiger partial charge on any atom is -0.444 e. The van der Waals surface area contributed by atoms with E-state index in [1.54, 1.807) is 55.9 Å². The lowest BCUT2D eigenvalue weighted by atomic mass is 10.2. The molecule has 134 valence electrons. The largest absolute Gasteiger partial charge is 0.444 e. The van der Waals surface area contributed by atoms with Crippen LogP contribution in [-0.2, 0) is 23.0 Å². The van der Waals surface area contributed by atoms with E-state index < -0.39 is 11.7 Å². The number of aromatic nitrogens is 2. The molecule has 0 radical (unpaired) electrons. The van der Waals surface area contributed by atoms with E-state index >= 15 is 0 Å². The van der Waals surface area contributed by atoms with E-state index in [1.165, 1.54) is 0 Å². The summed E-state index contributed by atoms with van der Waals surface area (Å²) in [6, 6.07) is 7.00. The molecule has 7 nitrogen and oxygen atoms in total. The van der Waals surface area contributed by atoms with E-state index in [4.69, 9.17) is 4.74 Å². The standard InChI is InChI=1S/C18H24N4O3/c1-18(2,3)25-17(24)21-15-8-6-5-7-14(15)20-16(23)10-9-13-11-19-22(4)12-13/h5-8,11-12H,9-10H2,1-4H3,(H,20,23)(H,21,24). The van der Waals surface area contributed by atoms with Gasteiger partial charge < -0.3 is 10.1 Å². The van der Waals surface area contributed by atoms with Crippen LogP contribution in [-0.4, -0.2) is 27.4 Å². The zero-order valence-electron chi connectivity index (χ0n) is 15.0. The maximum Gasteiger partial charge on any atom is 0.412 e. The molecule has 2 N–H and O–H groups in total. The van der Waals surface area contributed by atoms with Crippen LogP contribution in [0, 0.1) is 0 Å². The minimum absolute atomic E-state index is 0.137. The van der Waals surface area contributed by atoms with Crippen LogP contribution in [0.4, 0.5) is 16.2 Å². The molecule has 0 fully saturated rings. The normalized spacial score (nSPS) is 11.0. The first kappa shape index (κ1) is 18.5. The van der Waals surface area contributed by atoms with Crippen molar-refractivity contribution in [3.8, 4) is 0 Å². The molecule has 2 aromatic rings. The number of amides is 2. The van der Waals surface area contributed by atoms with E-state index in [0.29, 0.717) is 24.2 Å². The summed E-state index contributed by atoms with van der Waals surface area (Å²) in [7, 11) is 1.84. The van der Waals surface area contributed by atoms with Crippen molar-refractivity contribution < 1.29 is 14.3 Å². The van der Waals surface area contributed by atoms with Gasteiger partial charge >= 0.3 is 6.09 Å². The maximum absolute atomic E-state index is 12.2. The quantitative estimate of drug-likeness (QED) is 0.871. The molecule has 25 heavy (non-hydrogen) atoms. The monoisotopic (exact) mass is 344 g/mol. The Kier molecular flexibility index (Phi) is 5.80. The second-order valence-electron chi connectivity index (χ2n) is 6.74. The number of benzene rings is 1. The number of ether oxygens (including phenoxy) is 1. The lowest BCUT2D eigenvalue weighted by Gasteiger charge is -2.20. The van der Waals surface area contributed by atoms with Crippen LogP contribution in [0.2, 0.25) is 0 Å². The highest BCUT2D eigenvalue weighted by molar-refractivity contribution is 5.97. The Bertz CT molecular complexity index is 747. The zero-order valence-corrected chi connectivity index (χ0v) is 15.0. The summed E-state index contributed by atoms with van der Waals surface area (Å²) < 4.78 is 6.94. The topological polar surface area (TPSA) is 85.2 Å². The van der Waals surface area contributed by atoms with Gasteiger partial charge in [-0.3, -0.25) is 14.8 Å². The third kappa shape index (κ3) is 6.29. The molecule has 1 aromatic heterocycles. The summed E-state index contributed by atoms with van der Waals surface area (Å²) >= 11 is 0. The number of anilines is 2. The van der Waals surface area contributed by atoms with Crippen molar-refractivity contribution >= 4 is 23.4 Å². The van der Waals surface area contributed by atoms with Crippen molar-refractivity contribution in [3.05, 3.63) is 42.2 Å². The fraction of sp³-hybridized carbons (Fsp3) is 0.389. The first-order chi connectivity index (χ1) is 11.7. The molecule has 0 aliphatic heterocycles. The van der Waals surface area contributed by atoms with E-state index in [1.807, 2.05) is 13.2 Å². The van der Waals surface area contributed by atoms with E-state index in [-0.39, 0.29) is 5.91 Å². The number of carbonyl (C=O) groups excluding carboxylic acids is 2. The molecule has 0 saturated carbocycles. The molecule has 1 heterocycles. The van der Waals surface area contributed by atoms with Crippen LogP contribution in [0.25, 0.3) is 0 Å². The second kappa shape index (κ2) is 7.83. The Morgan fingerprint density at radius 1 is 1.16 bits per heavy atom. The van der Waals surface area contributed by atoms with Gasteiger partial charge in [0.25, 0.3) is 0 Å². The number of rotatable bonds is 5. The Morgan fingerprint density at radius 2 is 1.80 bits per heavy atom. The maximum atomic E-state index is 12.2. The van der Waals surface area contributed by atoms with Crippen LogP contribution >= 0.6 is 0 Å². The summed E-state index contributed by atoms with van der Waals surface area (Å²) in [5.41, 5.74) is 1.43. The van der Waals surface area contributed by atoms with E-state index in [2.05, 4.69) is 15.7 Å². The van der Waals surface area contributed by atoms with Gasteiger partial charge in [-0.2, -0.15) is 5.10 Å². The minimum atomic E-state index is -0.591. The number of hydrogen-bond donors (Lipinski definition) is 2. The van der Waals surface area contributed by atoms with Crippen LogP contribution in [0.1, 0.15) is 32.8 Å². The molecule has 0 spiro atoms. The van der Waals surface area contributed by atoms with Gasteiger partial charge in [-0.15, -0.1) is 0 Å². The van der Waals surface area contributed by atoms with Crippen LogP contribution < -0.4 is 10.6 Å². The van der Waals surface area contributed by atoms with Gasteiger partial charge in [0.05, 0.1) is 17.6 Å². The molecular formula is C18H24N4O3. The van der Waals surface area contributed by atoms with Gasteiger partial charge in [0.1, 0.15) is 5.60 Å².